The molecule has 2 aromatic carbocycles. The van der Waals surface area contributed by atoms with Gasteiger partial charge in [-0.1, -0.05) is 0 Å². The van der Waals surface area contributed by atoms with Gasteiger partial charge in [-0.25, -0.2) is 13.2 Å². The van der Waals surface area contributed by atoms with Crippen LogP contribution in [0.3, 0.4) is 0 Å². The summed E-state index contributed by atoms with van der Waals surface area (Å²) in [5, 5.41) is 0. The maximum absolute atomic E-state index is 14.1. The standard InChI is InChI=1S/C22H15F5I2O7S/c23-14-15(24)17(26)19(18(27)16(14)25)36-22(31)13-8-3-1-7(2-4-8)12(13)21(30)35-9-5-10(28)20(11(29)6-9)37(32,33)34/h5-8,12-13H,1-4H2,(H,32,33,34). The van der Waals surface area contributed by atoms with E-state index in [1.54, 1.807) is 45.2 Å². The first-order valence-electron chi connectivity index (χ1n) is 10.6. The van der Waals surface area contributed by atoms with Crippen molar-refractivity contribution in [2.24, 2.45) is 23.7 Å². The van der Waals surface area contributed by atoms with Gasteiger partial charge in [-0.2, -0.15) is 17.2 Å². The minimum atomic E-state index is -4.56. The molecule has 5 rings (SSSR count). The predicted molar refractivity (Wildman–Crippen MR) is 132 cm³/mol. The monoisotopic (exact) mass is 772 g/mol. The van der Waals surface area contributed by atoms with Crippen molar-refractivity contribution >= 4 is 67.2 Å². The SMILES string of the molecule is O=C(Oc1cc(I)c(S(=O)(=O)O)c(I)c1)C1C2CCC(CC2)C1C(=O)Oc1c(F)c(F)c(F)c(F)c1F. The fourth-order valence-electron chi connectivity index (χ4n) is 5.00. The molecule has 3 saturated carbocycles. The van der Waals surface area contributed by atoms with Crippen molar-refractivity contribution in [3.8, 4) is 11.5 Å². The summed E-state index contributed by atoms with van der Waals surface area (Å²) in [6, 6.07) is 2.37. The number of hydrogen-bond donors (Lipinski definition) is 1. The third kappa shape index (κ3) is 5.32. The summed E-state index contributed by atoms with van der Waals surface area (Å²) in [6.07, 6.45) is 2.02. The van der Waals surface area contributed by atoms with E-state index in [0.29, 0.717) is 25.7 Å². The molecule has 1 N–H and O–H groups in total. The van der Waals surface area contributed by atoms with Gasteiger partial charge in [0.1, 0.15) is 10.6 Å². The molecule has 7 nitrogen and oxygen atoms in total. The van der Waals surface area contributed by atoms with Gasteiger partial charge >= 0.3 is 11.9 Å². The number of ether oxygens (including phenoxy) is 2. The van der Waals surface area contributed by atoms with Crippen LogP contribution in [0.1, 0.15) is 25.7 Å². The molecule has 200 valence electrons. The van der Waals surface area contributed by atoms with Crippen molar-refractivity contribution in [2.45, 2.75) is 30.6 Å². The Morgan fingerprint density at radius 3 is 1.54 bits per heavy atom. The molecule has 15 heteroatoms. The summed E-state index contributed by atoms with van der Waals surface area (Å²) in [7, 11) is -4.56. The van der Waals surface area contributed by atoms with E-state index in [1.807, 2.05) is 0 Å². The van der Waals surface area contributed by atoms with Crippen LogP contribution in [0.4, 0.5) is 22.0 Å². The van der Waals surface area contributed by atoms with Crippen molar-refractivity contribution in [1.82, 2.24) is 0 Å². The second kappa shape index (κ2) is 10.5. The average molecular weight is 772 g/mol. The number of rotatable bonds is 5. The molecule has 3 aliphatic carbocycles. The first-order chi connectivity index (χ1) is 17.2. The Morgan fingerprint density at radius 1 is 0.757 bits per heavy atom. The zero-order valence-electron chi connectivity index (χ0n) is 18.2. The molecule has 0 amide bonds. The van der Waals surface area contributed by atoms with Crippen LogP contribution in [-0.2, 0) is 19.7 Å². The second-order valence-corrected chi connectivity index (χ2v) is 12.3. The van der Waals surface area contributed by atoms with Gasteiger partial charge < -0.3 is 9.47 Å². The number of carbonyl (C=O) groups excluding carboxylic acids is 2. The van der Waals surface area contributed by atoms with Crippen molar-refractivity contribution in [3.63, 3.8) is 0 Å². The van der Waals surface area contributed by atoms with Gasteiger partial charge in [-0.05, 0) is 94.8 Å². The molecule has 3 fully saturated rings. The highest BCUT2D eigenvalue weighted by molar-refractivity contribution is 14.1. The van der Waals surface area contributed by atoms with Crippen LogP contribution >= 0.6 is 45.2 Å². The Hall–Kier alpha value is -1.60. The van der Waals surface area contributed by atoms with Crippen LogP contribution in [0.5, 0.6) is 11.5 Å². The first kappa shape index (κ1) is 28.4. The summed E-state index contributed by atoms with van der Waals surface area (Å²) in [5.41, 5.74) is 0. The molecule has 2 bridgehead atoms. The number of carbonyl (C=O) groups is 2. The second-order valence-electron chi connectivity index (χ2n) is 8.66. The van der Waals surface area contributed by atoms with Gasteiger partial charge in [0, 0.05) is 7.14 Å². The highest BCUT2D eigenvalue weighted by atomic mass is 127. The molecule has 2 atom stereocenters. The zero-order valence-corrected chi connectivity index (χ0v) is 23.4. The average Bonchev–Trinajstić information content (AvgIpc) is 2.82. The summed E-state index contributed by atoms with van der Waals surface area (Å²) >= 11 is 3.26. The molecule has 0 saturated heterocycles. The molecule has 0 spiro atoms. The Labute approximate surface area is 234 Å². The lowest BCUT2D eigenvalue weighted by Crippen LogP contribution is -2.50. The molecule has 0 radical (unpaired) electrons. The first-order valence-corrected chi connectivity index (χ1v) is 14.2. The lowest BCUT2D eigenvalue weighted by Gasteiger charge is -2.45. The topological polar surface area (TPSA) is 107 Å². The fraction of sp³-hybridized carbons (Fsp3) is 0.364. The Morgan fingerprint density at radius 2 is 1.14 bits per heavy atom. The quantitative estimate of drug-likeness (QED) is 0.0826. The summed E-state index contributed by atoms with van der Waals surface area (Å²) in [4.78, 5) is 25.8. The van der Waals surface area contributed by atoms with Crippen LogP contribution in [0, 0.1) is 59.9 Å². The van der Waals surface area contributed by atoms with Crippen molar-refractivity contribution in [2.75, 3.05) is 0 Å². The van der Waals surface area contributed by atoms with E-state index >= 15 is 0 Å². The molecule has 37 heavy (non-hydrogen) atoms. The molecule has 2 unspecified atom stereocenters. The number of hydrogen-bond acceptors (Lipinski definition) is 6. The Bertz CT molecular complexity index is 1360. The number of benzene rings is 2. The van der Waals surface area contributed by atoms with Gasteiger partial charge in [0.15, 0.2) is 0 Å². The van der Waals surface area contributed by atoms with Crippen molar-refractivity contribution in [1.29, 1.82) is 0 Å². The summed E-state index contributed by atoms with van der Waals surface area (Å²) in [6.45, 7) is 0. The highest BCUT2D eigenvalue weighted by Crippen LogP contribution is 2.50. The fourth-order valence-corrected chi connectivity index (χ4v) is 8.99. The maximum atomic E-state index is 14.1. The van der Waals surface area contributed by atoms with Crippen LogP contribution < -0.4 is 9.47 Å². The number of esters is 2. The van der Waals surface area contributed by atoms with E-state index in [-0.39, 0.29) is 23.7 Å². The van der Waals surface area contributed by atoms with Crippen LogP contribution in [0.2, 0.25) is 0 Å². The smallest absolute Gasteiger partial charge is 0.315 e. The van der Waals surface area contributed by atoms with Gasteiger partial charge in [-0.15, -0.1) is 0 Å². The minimum Gasteiger partial charge on any atom is -0.426 e. The highest BCUT2D eigenvalue weighted by Gasteiger charge is 2.52. The summed E-state index contributed by atoms with van der Waals surface area (Å²) < 4.78 is 111. The van der Waals surface area contributed by atoms with Gasteiger partial charge in [0.2, 0.25) is 34.8 Å². The van der Waals surface area contributed by atoms with E-state index < -0.39 is 74.6 Å². The van der Waals surface area contributed by atoms with E-state index in [2.05, 4.69) is 4.74 Å². The molecule has 0 heterocycles. The van der Waals surface area contributed by atoms with Crippen molar-refractivity contribution < 1.29 is 54.0 Å². The molecule has 3 aliphatic rings. The van der Waals surface area contributed by atoms with Gasteiger partial charge in [-0.3, -0.25) is 14.1 Å². The van der Waals surface area contributed by atoms with E-state index in [9.17, 15) is 44.5 Å². The zero-order chi connectivity index (χ0) is 27.4. The Balaban J connectivity index is 1.63. The van der Waals surface area contributed by atoms with Gasteiger partial charge in [0.25, 0.3) is 10.1 Å². The van der Waals surface area contributed by atoms with E-state index in [1.165, 1.54) is 12.1 Å². The lowest BCUT2D eigenvalue weighted by molar-refractivity contribution is -0.162. The van der Waals surface area contributed by atoms with Crippen LogP contribution in [-0.4, -0.2) is 24.9 Å². The van der Waals surface area contributed by atoms with Crippen LogP contribution in [0.15, 0.2) is 17.0 Å². The lowest BCUT2D eigenvalue weighted by atomic mass is 9.58. The van der Waals surface area contributed by atoms with Crippen molar-refractivity contribution in [3.05, 3.63) is 48.4 Å². The number of halogens is 7. The van der Waals surface area contributed by atoms with E-state index in [4.69, 9.17) is 4.74 Å². The predicted octanol–water partition coefficient (Wildman–Crippen LogP) is 5.40. The molecule has 0 aliphatic heterocycles. The largest absolute Gasteiger partial charge is 0.426 e. The maximum Gasteiger partial charge on any atom is 0.315 e. The van der Waals surface area contributed by atoms with Gasteiger partial charge in [0.05, 0.1) is 11.8 Å². The number of fused-ring (bicyclic) bond motifs is 3. The molecule has 2 aromatic rings. The minimum absolute atomic E-state index is 0.0576. The normalized spacial score (nSPS) is 23.1. The summed E-state index contributed by atoms with van der Waals surface area (Å²) in [5.74, 6) is -18.9. The third-order valence-electron chi connectivity index (χ3n) is 6.58. The molecular formula is C22H15F5I2O7S. The van der Waals surface area contributed by atoms with Crippen LogP contribution in [0.25, 0.3) is 0 Å². The molecular weight excluding hydrogens is 757 g/mol. The third-order valence-corrected chi connectivity index (χ3v) is 9.97. The molecule has 0 aromatic heterocycles. The Kier molecular flexibility index (Phi) is 8.08. The van der Waals surface area contributed by atoms with E-state index in [0.717, 1.165) is 0 Å².